The standard InChI is InChI=1S/C19H27N3O3/c20-19(24)22-10-4-7-16(13-22)18(23)21-11-8-17(9-12-21)25-14-15-5-2-1-3-6-15/h1-3,5-6,16-17H,4,7-14H2,(H2,20,24)/t16-/m1/s1. The number of urea groups is 1. The molecule has 2 aliphatic rings. The second-order valence-corrected chi connectivity index (χ2v) is 6.94. The van der Waals surface area contributed by atoms with Gasteiger partial charge in [0, 0.05) is 26.2 Å². The SMILES string of the molecule is NC(=O)N1CCC[C@@H](C(=O)N2CCC(OCc3ccccc3)CC2)C1. The number of hydrogen-bond acceptors (Lipinski definition) is 3. The van der Waals surface area contributed by atoms with Gasteiger partial charge < -0.3 is 20.3 Å². The van der Waals surface area contributed by atoms with E-state index in [0.717, 1.165) is 38.8 Å². The summed E-state index contributed by atoms with van der Waals surface area (Å²) < 4.78 is 5.98. The van der Waals surface area contributed by atoms with Crippen molar-refractivity contribution in [3.63, 3.8) is 0 Å². The molecule has 1 aromatic carbocycles. The third-order valence-corrected chi connectivity index (χ3v) is 5.16. The lowest BCUT2D eigenvalue weighted by molar-refractivity contribution is -0.139. The van der Waals surface area contributed by atoms with E-state index in [0.29, 0.717) is 19.7 Å². The summed E-state index contributed by atoms with van der Waals surface area (Å²) in [5.74, 6) is 0.0514. The Morgan fingerprint density at radius 2 is 1.76 bits per heavy atom. The molecule has 0 radical (unpaired) electrons. The minimum absolute atomic E-state index is 0.108. The maximum Gasteiger partial charge on any atom is 0.314 e. The number of benzene rings is 1. The van der Waals surface area contributed by atoms with Gasteiger partial charge >= 0.3 is 6.03 Å². The molecular formula is C19H27N3O3. The van der Waals surface area contributed by atoms with Gasteiger partial charge in [0.15, 0.2) is 0 Å². The minimum Gasteiger partial charge on any atom is -0.373 e. The largest absolute Gasteiger partial charge is 0.373 e. The van der Waals surface area contributed by atoms with Gasteiger partial charge in [-0.25, -0.2) is 4.79 Å². The normalized spacial score (nSPS) is 22.0. The van der Waals surface area contributed by atoms with Crippen LogP contribution in [0.4, 0.5) is 4.79 Å². The molecule has 6 heteroatoms. The predicted molar refractivity (Wildman–Crippen MR) is 94.7 cm³/mol. The monoisotopic (exact) mass is 345 g/mol. The van der Waals surface area contributed by atoms with Gasteiger partial charge in [-0.15, -0.1) is 0 Å². The molecule has 136 valence electrons. The van der Waals surface area contributed by atoms with Crippen LogP contribution in [-0.4, -0.2) is 54.0 Å². The summed E-state index contributed by atoms with van der Waals surface area (Å²) in [6.07, 6.45) is 3.62. The molecule has 2 fully saturated rings. The van der Waals surface area contributed by atoms with Crippen molar-refractivity contribution >= 4 is 11.9 Å². The van der Waals surface area contributed by atoms with Gasteiger partial charge in [-0.3, -0.25) is 4.79 Å². The summed E-state index contributed by atoms with van der Waals surface area (Å²) in [5, 5.41) is 0. The van der Waals surface area contributed by atoms with E-state index in [9.17, 15) is 9.59 Å². The van der Waals surface area contributed by atoms with Crippen LogP contribution in [0, 0.1) is 5.92 Å². The number of hydrogen-bond donors (Lipinski definition) is 1. The van der Waals surface area contributed by atoms with Crippen LogP contribution in [0.25, 0.3) is 0 Å². The van der Waals surface area contributed by atoms with Gasteiger partial charge in [-0.1, -0.05) is 30.3 Å². The number of nitrogens with two attached hydrogens (primary N) is 1. The van der Waals surface area contributed by atoms with Crippen LogP contribution in [-0.2, 0) is 16.1 Å². The van der Waals surface area contributed by atoms with Crippen molar-refractivity contribution in [3.8, 4) is 0 Å². The van der Waals surface area contributed by atoms with E-state index in [1.807, 2.05) is 23.1 Å². The highest BCUT2D eigenvalue weighted by Crippen LogP contribution is 2.22. The highest BCUT2D eigenvalue weighted by molar-refractivity contribution is 5.80. The molecule has 2 heterocycles. The lowest BCUT2D eigenvalue weighted by atomic mass is 9.95. The first kappa shape index (κ1) is 17.7. The van der Waals surface area contributed by atoms with Gasteiger partial charge in [-0.2, -0.15) is 0 Å². The Morgan fingerprint density at radius 1 is 1.04 bits per heavy atom. The molecule has 0 unspecified atom stereocenters. The zero-order valence-electron chi connectivity index (χ0n) is 14.6. The first-order chi connectivity index (χ1) is 12.1. The molecule has 2 N–H and O–H groups in total. The summed E-state index contributed by atoms with van der Waals surface area (Å²) in [4.78, 5) is 27.6. The van der Waals surface area contributed by atoms with E-state index in [4.69, 9.17) is 10.5 Å². The van der Waals surface area contributed by atoms with Gasteiger partial charge in [0.1, 0.15) is 0 Å². The van der Waals surface area contributed by atoms with Gasteiger partial charge in [0.2, 0.25) is 5.91 Å². The topological polar surface area (TPSA) is 75.9 Å². The number of rotatable bonds is 4. The number of nitrogens with zero attached hydrogens (tertiary/aromatic N) is 2. The molecule has 2 saturated heterocycles. The van der Waals surface area contributed by atoms with E-state index in [-0.39, 0.29) is 17.9 Å². The second-order valence-electron chi connectivity index (χ2n) is 6.94. The second kappa shape index (κ2) is 8.34. The summed E-state index contributed by atoms with van der Waals surface area (Å²) >= 11 is 0. The Kier molecular flexibility index (Phi) is 5.91. The molecule has 1 aromatic rings. The van der Waals surface area contributed by atoms with Crippen LogP contribution in [0.2, 0.25) is 0 Å². The molecule has 0 saturated carbocycles. The van der Waals surface area contributed by atoms with E-state index in [2.05, 4.69) is 12.1 Å². The van der Waals surface area contributed by atoms with Crippen molar-refractivity contribution in [2.75, 3.05) is 26.2 Å². The molecule has 3 rings (SSSR count). The van der Waals surface area contributed by atoms with Crippen molar-refractivity contribution < 1.29 is 14.3 Å². The average Bonchev–Trinajstić information content (AvgIpc) is 2.67. The maximum atomic E-state index is 12.7. The van der Waals surface area contributed by atoms with Crippen LogP contribution in [0.5, 0.6) is 0 Å². The number of carbonyl (C=O) groups excluding carboxylic acids is 2. The summed E-state index contributed by atoms with van der Waals surface area (Å²) in [7, 11) is 0. The highest BCUT2D eigenvalue weighted by Gasteiger charge is 2.32. The Bertz CT molecular complexity index is 585. The number of ether oxygens (including phenoxy) is 1. The van der Waals surface area contributed by atoms with Crippen molar-refractivity contribution in [2.24, 2.45) is 11.7 Å². The lowest BCUT2D eigenvalue weighted by Crippen LogP contribution is -2.50. The fourth-order valence-electron chi connectivity index (χ4n) is 3.67. The Balaban J connectivity index is 1.43. The fraction of sp³-hybridized carbons (Fsp3) is 0.579. The van der Waals surface area contributed by atoms with Crippen LogP contribution >= 0.6 is 0 Å². The Labute approximate surface area is 148 Å². The molecule has 0 aromatic heterocycles. The van der Waals surface area contributed by atoms with Gasteiger partial charge in [-0.05, 0) is 31.2 Å². The summed E-state index contributed by atoms with van der Waals surface area (Å²) in [6.45, 7) is 3.19. The van der Waals surface area contributed by atoms with Crippen molar-refractivity contribution in [1.29, 1.82) is 0 Å². The van der Waals surface area contributed by atoms with Crippen LogP contribution < -0.4 is 5.73 Å². The smallest absolute Gasteiger partial charge is 0.314 e. The molecule has 0 spiro atoms. The fourth-order valence-corrected chi connectivity index (χ4v) is 3.67. The number of carbonyl (C=O) groups is 2. The van der Waals surface area contributed by atoms with Gasteiger partial charge in [0.25, 0.3) is 0 Å². The van der Waals surface area contributed by atoms with Crippen molar-refractivity contribution in [1.82, 2.24) is 9.80 Å². The first-order valence-corrected chi connectivity index (χ1v) is 9.12. The molecule has 0 aliphatic carbocycles. The average molecular weight is 345 g/mol. The molecular weight excluding hydrogens is 318 g/mol. The molecule has 2 aliphatic heterocycles. The first-order valence-electron chi connectivity index (χ1n) is 9.12. The Morgan fingerprint density at radius 3 is 2.44 bits per heavy atom. The van der Waals surface area contributed by atoms with Crippen LogP contribution in [0.3, 0.4) is 0 Å². The summed E-state index contributed by atoms with van der Waals surface area (Å²) in [5.41, 5.74) is 6.53. The number of amides is 3. The van der Waals surface area contributed by atoms with Crippen molar-refractivity contribution in [3.05, 3.63) is 35.9 Å². The van der Waals surface area contributed by atoms with Crippen LogP contribution in [0.15, 0.2) is 30.3 Å². The molecule has 0 bridgehead atoms. The number of piperidine rings is 2. The minimum atomic E-state index is -0.425. The maximum absolute atomic E-state index is 12.7. The molecule has 1 atom stereocenters. The number of likely N-dealkylation sites (tertiary alicyclic amines) is 2. The lowest BCUT2D eigenvalue weighted by Gasteiger charge is -2.37. The third kappa shape index (κ3) is 4.72. The zero-order chi connectivity index (χ0) is 17.6. The molecule has 3 amide bonds. The van der Waals surface area contributed by atoms with Gasteiger partial charge in [0.05, 0.1) is 18.6 Å². The van der Waals surface area contributed by atoms with E-state index >= 15 is 0 Å². The number of primary amides is 1. The highest BCUT2D eigenvalue weighted by atomic mass is 16.5. The summed E-state index contributed by atoms with van der Waals surface area (Å²) in [6, 6.07) is 9.72. The quantitative estimate of drug-likeness (QED) is 0.907. The van der Waals surface area contributed by atoms with Crippen molar-refractivity contribution in [2.45, 2.75) is 38.4 Å². The van der Waals surface area contributed by atoms with Crippen LogP contribution in [0.1, 0.15) is 31.2 Å². The molecule has 6 nitrogen and oxygen atoms in total. The van der Waals surface area contributed by atoms with E-state index in [1.165, 1.54) is 5.56 Å². The Hall–Kier alpha value is -2.08. The zero-order valence-corrected chi connectivity index (χ0v) is 14.6. The molecule has 25 heavy (non-hydrogen) atoms. The van der Waals surface area contributed by atoms with E-state index in [1.54, 1.807) is 4.90 Å². The predicted octanol–water partition coefficient (Wildman–Crippen LogP) is 1.98. The van der Waals surface area contributed by atoms with E-state index < -0.39 is 6.03 Å². The third-order valence-electron chi connectivity index (χ3n) is 5.16.